The van der Waals surface area contributed by atoms with Crippen LogP contribution in [0.4, 0.5) is 17.2 Å². The van der Waals surface area contributed by atoms with Crippen LogP contribution in [0.1, 0.15) is 31.7 Å². The number of benzene rings is 2. The number of piperidine rings is 1. The van der Waals surface area contributed by atoms with E-state index in [1.165, 1.54) is 0 Å². The van der Waals surface area contributed by atoms with Crippen molar-refractivity contribution in [3.05, 3.63) is 64.5 Å². The van der Waals surface area contributed by atoms with E-state index in [1.54, 1.807) is 18.5 Å². The van der Waals surface area contributed by atoms with Crippen molar-refractivity contribution in [1.29, 1.82) is 0 Å². The van der Waals surface area contributed by atoms with Crippen molar-refractivity contribution >= 4 is 28.1 Å². The lowest BCUT2D eigenvalue weighted by molar-refractivity contribution is -0.383. The highest BCUT2D eigenvalue weighted by Gasteiger charge is 2.26. The fourth-order valence-electron chi connectivity index (χ4n) is 4.00. The van der Waals surface area contributed by atoms with E-state index >= 15 is 0 Å². The molecular weight excluding hydrogens is 380 g/mol. The van der Waals surface area contributed by atoms with Gasteiger partial charge in [0.25, 0.3) is 5.69 Å². The molecule has 0 saturated carbocycles. The molecule has 1 atom stereocenters. The summed E-state index contributed by atoms with van der Waals surface area (Å²) in [6.45, 7) is 4.11. The molecule has 1 aliphatic rings. The molecule has 1 aliphatic heterocycles. The van der Waals surface area contributed by atoms with Crippen LogP contribution >= 0.6 is 0 Å². The second kappa shape index (κ2) is 9.04. The van der Waals surface area contributed by atoms with E-state index in [-0.39, 0.29) is 16.8 Å². The zero-order valence-corrected chi connectivity index (χ0v) is 17.0. The molecule has 8 heteroatoms. The van der Waals surface area contributed by atoms with E-state index < -0.39 is 0 Å². The van der Waals surface area contributed by atoms with Gasteiger partial charge in [-0.25, -0.2) is 9.97 Å². The first-order valence-electron chi connectivity index (χ1n) is 10.4. The number of fused-ring (bicyclic) bond motifs is 1. The summed E-state index contributed by atoms with van der Waals surface area (Å²) in [5.41, 5.74) is 2.37. The van der Waals surface area contributed by atoms with Crippen LogP contribution in [0, 0.1) is 10.1 Å². The zero-order valence-electron chi connectivity index (χ0n) is 17.0. The SMILES string of the molecule is CCNc1cc2ncnc(N(Cc3ccccc3)C3CCCCN3)c2cc1[N+](=O)[O-]. The molecule has 1 unspecified atom stereocenters. The van der Waals surface area contributed by atoms with Crippen molar-refractivity contribution in [3.8, 4) is 0 Å². The number of hydrogen-bond acceptors (Lipinski definition) is 7. The third kappa shape index (κ3) is 4.18. The molecule has 0 radical (unpaired) electrons. The van der Waals surface area contributed by atoms with Crippen molar-refractivity contribution < 1.29 is 4.92 Å². The number of aromatic nitrogens is 2. The highest BCUT2D eigenvalue weighted by molar-refractivity contribution is 5.95. The van der Waals surface area contributed by atoms with Gasteiger partial charge in [-0.05, 0) is 44.4 Å². The normalized spacial score (nSPS) is 16.4. The van der Waals surface area contributed by atoms with Gasteiger partial charge >= 0.3 is 0 Å². The lowest BCUT2D eigenvalue weighted by Crippen LogP contribution is -2.48. The van der Waals surface area contributed by atoms with Crippen LogP contribution in [-0.4, -0.2) is 34.1 Å². The van der Waals surface area contributed by atoms with Crippen LogP contribution < -0.4 is 15.5 Å². The first kappa shape index (κ1) is 20.0. The highest BCUT2D eigenvalue weighted by Crippen LogP contribution is 2.34. The molecule has 1 fully saturated rings. The van der Waals surface area contributed by atoms with E-state index in [4.69, 9.17) is 0 Å². The molecule has 0 bridgehead atoms. The average molecular weight is 406 g/mol. The van der Waals surface area contributed by atoms with Crippen molar-refractivity contribution in [3.63, 3.8) is 0 Å². The molecule has 1 aromatic heterocycles. The van der Waals surface area contributed by atoms with E-state index in [1.807, 2.05) is 25.1 Å². The lowest BCUT2D eigenvalue weighted by atomic mass is 10.1. The Morgan fingerprint density at radius 2 is 2.07 bits per heavy atom. The fourth-order valence-corrected chi connectivity index (χ4v) is 4.00. The summed E-state index contributed by atoms with van der Waals surface area (Å²) in [6, 6.07) is 13.6. The molecule has 0 spiro atoms. The van der Waals surface area contributed by atoms with Gasteiger partial charge in [0.1, 0.15) is 17.8 Å². The molecule has 2 aromatic carbocycles. The molecule has 4 rings (SSSR count). The summed E-state index contributed by atoms with van der Waals surface area (Å²) >= 11 is 0. The Hall–Kier alpha value is -3.26. The van der Waals surface area contributed by atoms with E-state index in [0.717, 1.165) is 37.2 Å². The minimum atomic E-state index is -0.353. The molecule has 0 aliphatic carbocycles. The minimum Gasteiger partial charge on any atom is -0.380 e. The molecule has 1 saturated heterocycles. The summed E-state index contributed by atoms with van der Waals surface area (Å²) in [7, 11) is 0. The van der Waals surface area contributed by atoms with Crippen molar-refractivity contribution in [2.45, 2.75) is 38.9 Å². The second-order valence-corrected chi connectivity index (χ2v) is 7.45. The number of rotatable bonds is 7. The van der Waals surface area contributed by atoms with Crippen molar-refractivity contribution in [1.82, 2.24) is 15.3 Å². The Kier molecular flexibility index (Phi) is 6.04. The van der Waals surface area contributed by atoms with Gasteiger partial charge in [-0.1, -0.05) is 30.3 Å². The van der Waals surface area contributed by atoms with Gasteiger partial charge in [-0.3, -0.25) is 15.4 Å². The Morgan fingerprint density at radius 1 is 1.23 bits per heavy atom. The standard InChI is InChI=1S/C22H26N6O2/c1-2-23-19-13-18-17(12-20(19)28(29)30)22(26-15-25-18)27(21-10-6-7-11-24-21)14-16-8-4-3-5-9-16/h3-5,8-9,12-13,15,21,23-24H,2,6-7,10-11,14H2,1H3. The highest BCUT2D eigenvalue weighted by atomic mass is 16.6. The first-order valence-corrected chi connectivity index (χ1v) is 10.4. The molecule has 8 nitrogen and oxygen atoms in total. The van der Waals surface area contributed by atoms with Gasteiger partial charge in [-0.15, -0.1) is 0 Å². The Bertz CT molecular complexity index is 1020. The monoisotopic (exact) mass is 406 g/mol. The summed E-state index contributed by atoms with van der Waals surface area (Å²) in [6.07, 6.45) is 4.94. The van der Waals surface area contributed by atoms with Crippen molar-refractivity contribution in [2.24, 2.45) is 0 Å². The number of anilines is 2. The zero-order chi connectivity index (χ0) is 20.9. The largest absolute Gasteiger partial charge is 0.380 e. The van der Waals surface area contributed by atoms with Crippen LogP contribution in [0.15, 0.2) is 48.8 Å². The Morgan fingerprint density at radius 3 is 2.77 bits per heavy atom. The van der Waals surface area contributed by atoms with Gasteiger partial charge in [-0.2, -0.15) is 0 Å². The quantitative estimate of drug-likeness (QED) is 0.451. The third-order valence-electron chi connectivity index (χ3n) is 5.42. The minimum absolute atomic E-state index is 0.0386. The second-order valence-electron chi connectivity index (χ2n) is 7.45. The predicted molar refractivity (Wildman–Crippen MR) is 119 cm³/mol. The number of nitro benzene ring substituents is 1. The predicted octanol–water partition coefficient (Wildman–Crippen LogP) is 4.08. The third-order valence-corrected chi connectivity index (χ3v) is 5.42. The fraction of sp³-hybridized carbons (Fsp3) is 0.364. The van der Waals surface area contributed by atoms with Gasteiger partial charge in [0, 0.05) is 24.5 Å². The summed E-state index contributed by atoms with van der Waals surface area (Å²) < 4.78 is 0. The number of nitrogens with zero attached hydrogens (tertiary/aromatic N) is 4. The molecule has 156 valence electrons. The average Bonchev–Trinajstić information content (AvgIpc) is 2.78. The van der Waals surface area contributed by atoms with Crippen LogP contribution in [0.2, 0.25) is 0 Å². The number of nitrogens with one attached hydrogen (secondary N) is 2. The van der Waals surface area contributed by atoms with E-state index in [2.05, 4.69) is 37.6 Å². The van der Waals surface area contributed by atoms with Gasteiger partial charge in [0.15, 0.2) is 0 Å². The van der Waals surface area contributed by atoms with E-state index in [0.29, 0.717) is 29.7 Å². The summed E-state index contributed by atoms with van der Waals surface area (Å²) in [5, 5.41) is 19.1. The maximum atomic E-state index is 11.7. The summed E-state index contributed by atoms with van der Waals surface area (Å²) in [4.78, 5) is 22.6. The number of hydrogen-bond donors (Lipinski definition) is 2. The first-order chi connectivity index (χ1) is 14.7. The molecule has 30 heavy (non-hydrogen) atoms. The van der Waals surface area contributed by atoms with E-state index in [9.17, 15) is 10.1 Å². The summed E-state index contributed by atoms with van der Waals surface area (Å²) in [5.74, 6) is 0.717. The van der Waals surface area contributed by atoms with Gasteiger partial charge in [0.2, 0.25) is 0 Å². The smallest absolute Gasteiger partial charge is 0.293 e. The lowest BCUT2D eigenvalue weighted by Gasteiger charge is -2.36. The van der Waals surface area contributed by atoms with Crippen LogP contribution in [0.25, 0.3) is 10.9 Å². The molecule has 2 heterocycles. The van der Waals surface area contributed by atoms with Gasteiger partial charge in [0.05, 0.1) is 16.6 Å². The molecule has 3 aromatic rings. The Labute approximate surface area is 175 Å². The Balaban J connectivity index is 1.83. The molecule has 0 amide bonds. The van der Waals surface area contributed by atoms with Crippen LogP contribution in [0.5, 0.6) is 0 Å². The topological polar surface area (TPSA) is 96.2 Å². The van der Waals surface area contributed by atoms with Crippen molar-refractivity contribution in [2.75, 3.05) is 23.3 Å². The maximum Gasteiger partial charge on any atom is 0.293 e. The van der Waals surface area contributed by atoms with Crippen LogP contribution in [-0.2, 0) is 6.54 Å². The number of nitro groups is 1. The molecular formula is C22H26N6O2. The maximum absolute atomic E-state index is 11.7. The van der Waals surface area contributed by atoms with Crippen LogP contribution in [0.3, 0.4) is 0 Å². The van der Waals surface area contributed by atoms with Gasteiger partial charge < -0.3 is 10.2 Å². The molecule has 2 N–H and O–H groups in total.